The topological polar surface area (TPSA) is 78.4 Å². The molecule has 0 atom stereocenters. The summed E-state index contributed by atoms with van der Waals surface area (Å²) < 4.78 is 30.2. The third-order valence-corrected chi connectivity index (χ3v) is 2.70. The lowest BCUT2D eigenvalue weighted by molar-refractivity contribution is 0.483. The first kappa shape index (κ1) is 8.33. The molecule has 70 valence electrons. The van der Waals surface area contributed by atoms with Gasteiger partial charge < -0.3 is 10.6 Å². The normalized spacial score (nSPS) is 14.5. The zero-order valence-corrected chi connectivity index (χ0v) is 7.43. The fraction of sp³-hybridized carbons (Fsp3) is 0.143. The Hall–Kier alpha value is -1.27. The number of benzene rings is 1. The van der Waals surface area contributed by atoms with E-state index in [1.54, 1.807) is 6.07 Å². The minimum atomic E-state index is -4.09. The maximum atomic E-state index is 10.7. The fourth-order valence-electron chi connectivity index (χ4n) is 1.22. The number of hydrogen-bond donors (Lipinski definition) is 3. The largest absolute Gasteiger partial charge is 0.366 e. The van der Waals surface area contributed by atoms with Crippen molar-refractivity contribution in [2.24, 2.45) is 0 Å². The molecule has 13 heavy (non-hydrogen) atoms. The van der Waals surface area contributed by atoms with Crippen molar-refractivity contribution in [1.29, 1.82) is 0 Å². The van der Waals surface area contributed by atoms with Gasteiger partial charge in [0.1, 0.15) is 0 Å². The van der Waals surface area contributed by atoms with Crippen LogP contribution in [0.4, 0.5) is 11.4 Å². The molecule has 1 aliphatic heterocycles. The maximum absolute atomic E-state index is 10.7. The quantitative estimate of drug-likeness (QED) is 0.582. The fourth-order valence-corrected chi connectivity index (χ4v) is 1.73. The Morgan fingerprint density at radius 2 is 1.92 bits per heavy atom. The molecule has 0 spiro atoms. The molecule has 0 radical (unpaired) electrons. The predicted molar refractivity (Wildman–Crippen MR) is 48.4 cm³/mol. The van der Waals surface area contributed by atoms with Crippen molar-refractivity contribution in [1.82, 2.24) is 0 Å². The van der Waals surface area contributed by atoms with Crippen molar-refractivity contribution in [3.63, 3.8) is 0 Å². The minimum absolute atomic E-state index is 0.0950. The lowest BCUT2D eigenvalue weighted by atomic mass is 10.3. The van der Waals surface area contributed by atoms with Crippen LogP contribution in [-0.2, 0) is 10.1 Å². The van der Waals surface area contributed by atoms with Gasteiger partial charge in [0.25, 0.3) is 10.1 Å². The first-order valence-corrected chi connectivity index (χ1v) is 5.11. The van der Waals surface area contributed by atoms with Gasteiger partial charge in [-0.05, 0) is 18.2 Å². The van der Waals surface area contributed by atoms with Crippen molar-refractivity contribution in [2.75, 3.05) is 17.3 Å². The number of nitrogens with one attached hydrogen (secondary N) is 2. The number of hydrogen-bond acceptors (Lipinski definition) is 4. The highest BCUT2D eigenvalue weighted by Crippen LogP contribution is 2.28. The molecule has 1 aromatic carbocycles. The molecule has 6 heteroatoms. The smallest absolute Gasteiger partial charge is 0.294 e. The molecular formula is C7H8N2O3S. The van der Waals surface area contributed by atoms with Crippen LogP contribution in [0.15, 0.2) is 23.1 Å². The van der Waals surface area contributed by atoms with Crippen molar-refractivity contribution in [3.05, 3.63) is 18.2 Å². The van der Waals surface area contributed by atoms with Gasteiger partial charge >= 0.3 is 0 Å². The van der Waals surface area contributed by atoms with Gasteiger partial charge in [-0.1, -0.05) is 0 Å². The summed E-state index contributed by atoms with van der Waals surface area (Å²) in [6, 6.07) is 4.36. The van der Waals surface area contributed by atoms with Gasteiger partial charge in [0.15, 0.2) is 0 Å². The van der Waals surface area contributed by atoms with Gasteiger partial charge in [0, 0.05) is 0 Å². The van der Waals surface area contributed by atoms with Crippen LogP contribution >= 0.6 is 0 Å². The van der Waals surface area contributed by atoms with E-state index in [4.69, 9.17) is 4.55 Å². The summed E-state index contributed by atoms with van der Waals surface area (Å²) in [5.74, 6) is 0. The Balaban J connectivity index is 2.54. The monoisotopic (exact) mass is 200 g/mol. The van der Waals surface area contributed by atoms with Crippen LogP contribution in [0, 0.1) is 0 Å². The molecule has 1 aliphatic rings. The van der Waals surface area contributed by atoms with E-state index in [9.17, 15) is 8.42 Å². The van der Waals surface area contributed by atoms with Crippen molar-refractivity contribution < 1.29 is 13.0 Å². The van der Waals surface area contributed by atoms with E-state index in [1.165, 1.54) is 12.1 Å². The zero-order chi connectivity index (χ0) is 9.47. The van der Waals surface area contributed by atoms with E-state index in [-0.39, 0.29) is 4.90 Å². The lowest BCUT2D eigenvalue weighted by Gasteiger charge is -2.00. The second-order valence-electron chi connectivity index (χ2n) is 2.71. The maximum Gasteiger partial charge on any atom is 0.294 e. The summed E-state index contributed by atoms with van der Waals surface area (Å²) in [5, 5.41) is 5.92. The van der Waals surface area contributed by atoms with Gasteiger partial charge in [-0.25, -0.2) is 0 Å². The molecular weight excluding hydrogens is 192 g/mol. The Labute approximate surface area is 75.5 Å². The van der Waals surface area contributed by atoms with Crippen molar-refractivity contribution in [2.45, 2.75) is 4.90 Å². The summed E-state index contributed by atoms with van der Waals surface area (Å²) in [5.41, 5.74) is 1.53. The molecule has 2 rings (SSSR count). The van der Waals surface area contributed by atoms with E-state index in [2.05, 4.69) is 10.6 Å². The van der Waals surface area contributed by atoms with Gasteiger partial charge in [-0.3, -0.25) is 4.55 Å². The molecule has 0 aromatic heterocycles. The first-order valence-electron chi connectivity index (χ1n) is 3.67. The Morgan fingerprint density at radius 1 is 1.23 bits per heavy atom. The molecule has 0 saturated carbocycles. The van der Waals surface area contributed by atoms with Crippen molar-refractivity contribution >= 4 is 21.5 Å². The van der Waals surface area contributed by atoms with E-state index in [1.807, 2.05) is 0 Å². The van der Waals surface area contributed by atoms with E-state index < -0.39 is 10.1 Å². The highest BCUT2D eigenvalue weighted by molar-refractivity contribution is 7.85. The van der Waals surface area contributed by atoms with E-state index >= 15 is 0 Å². The molecule has 0 saturated heterocycles. The molecule has 0 aliphatic carbocycles. The molecule has 0 unspecified atom stereocenters. The van der Waals surface area contributed by atoms with Crippen LogP contribution in [0.1, 0.15) is 0 Å². The van der Waals surface area contributed by atoms with Gasteiger partial charge in [0.2, 0.25) is 0 Å². The highest BCUT2D eigenvalue weighted by Gasteiger charge is 2.14. The number of rotatable bonds is 1. The molecule has 0 amide bonds. The average molecular weight is 200 g/mol. The number of fused-ring (bicyclic) bond motifs is 1. The van der Waals surface area contributed by atoms with Crippen LogP contribution < -0.4 is 10.6 Å². The molecule has 1 aromatic rings. The Bertz CT molecular complexity index is 441. The predicted octanol–water partition coefficient (Wildman–Crippen LogP) is 0.728. The summed E-state index contributed by atoms with van der Waals surface area (Å²) in [4.78, 5) is -0.0950. The van der Waals surface area contributed by atoms with E-state index in [0.29, 0.717) is 12.4 Å². The first-order chi connectivity index (χ1) is 6.07. The summed E-state index contributed by atoms with van der Waals surface area (Å²) in [6.07, 6.45) is 0. The average Bonchev–Trinajstić information content (AvgIpc) is 2.47. The molecule has 0 bridgehead atoms. The summed E-state index contributed by atoms with van der Waals surface area (Å²) in [7, 11) is -4.09. The third kappa shape index (κ3) is 1.45. The molecule has 0 fully saturated rings. The number of anilines is 2. The van der Waals surface area contributed by atoms with Gasteiger partial charge in [0.05, 0.1) is 22.9 Å². The van der Waals surface area contributed by atoms with E-state index in [0.717, 1.165) is 5.69 Å². The second kappa shape index (κ2) is 2.61. The second-order valence-corrected chi connectivity index (χ2v) is 4.13. The molecule has 3 N–H and O–H groups in total. The van der Waals surface area contributed by atoms with Crippen LogP contribution in [0.25, 0.3) is 0 Å². The zero-order valence-electron chi connectivity index (χ0n) is 6.61. The standard InChI is InChI=1S/C7H8N2O3S/c10-13(11,12)5-1-2-6-7(3-5)9-4-8-6/h1-3,8-9H,4H2,(H,10,11,12). The Morgan fingerprint density at radius 3 is 2.62 bits per heavy atom. The summed E-state index contributed by atoms with van der Waals surface area (Å²) >= 11 is 0. The highest BCUT2D eigenvalue weighted by atomic mass is 32.2. The molecule has 1 heterocycles. The van der Waals surface area contributed by atoms with Crippen LogP contribution in [-0.4, -0.2) is 19.6 Å². The van der Waals surface area contributed by atoms with Crippen LogP contribution in [0.2, 0.25) is 0 Å². The van der Waals surface area contributed by atoms with Gasteiger partial charge in [-0.15, -0.1) is 0 Å². The third-order valence-electron chi connectivity index (χ3n) is 1.85. The summed E-state index contributed by atoms with van der Waals surface area (Å²) in [6.45, 7) is 0.574. The van der Waals surface area contributed by atoms with Crippen LogP contribution in [0.5, 0.6) is 0 Å². The lowest BCUT2D eigenvalue weighted by Crippen LogP contribution is -1.99. The minimum Gasteiger partial charge on any atom is -0.366 e. The molecule has 5 nitrogen and oxygen atoms in total. The SMILES string of the molecule is O=S(=O)(O)c1ccc2c(c1)NCN2. The van der Waals surface area contributed by atoms with Crippen LogP contribution in [0.3, 0.4) is 0 Å². The van der Waals surface area contributed by atoms with Gasteiger partial charge in [-0.2, -0.15) is 8.42 Å². The van der Waals surface area contributed by atoms with Crippen molar-refractivity contribution in [3.8, 4) is 0 Å². The Kier molecular flexibility index (Phi) is 1.67.